The van der Waals surface area contributed by atoms with Crippen molar-refractivity contribution in [3.8, 4) is 0 Å². The Morgan fingerprint density at radius 3 is 2.85 bits per heavy atom. The first kappa shape index (κ1) is 14.0. The van der Waals surface area contributed by atoms with Gasteiger partial charge in [0.2, 0.25) is 0 Å². The molecule has 0 bridgehead atoms. The van der Waals surface area contributed by atoms with E-state index in [2.05, 4.69) is 47.6 Å². The van der Waals surface area contributed by atoms with Crippen LogP contribution in [0.3, 0.4) is 0 Å². The van der Waals surface area contributed by atoms with Gasteiger partial charge in [-0.25, -0.2) is 4.98 Å². The van der Waals surface area contributed by atoms with Crippen molar-refractivity contribution in [2.75, 3.05) is 11.9 Å². The molecule has 0 unspecified atom stereocenters. The van der Waals surface area contributed by atoms with Crippen LogP contribution >= 0.6 is 27.3 Å². The molecule has 0 aliphatic heterocycles. The van der Waals surface area contributed by atoms with Gasteiger partial charge >= 0.3 is 0 Å². The van der Waals surface area contributed by atoms with E-state index in [4.69, 9.17) is 0 Å². The minimum Gasteiger partial charge on any atom is -0.354 e. The quantitative estimate of drug-likeness (QED) is 0.866. The normalized spacial score (nSPS) is 14.5. The molecule has 4 nitrogen and oxygen atoms in total. The first-order chi connectivity index (χ1) is 9.70. The molecule has 20 heavy (non-hydrogen) atoms. The maximum Gasteiger partial charge on any atom is 0.147 e. The second-order valence-electron chi connectivity index (χ2n) is 5.14. The molecule has 1 aliphatic rings. The fourth-order valence-electron chi connectivity index (χ4n) is 1.96. The van der Waals surface area contributed by atoms with Gasteiger partial charge in [-0.15, -0.1) is 11.3 Å². The van der Waals surface area contributed by atoms with E-state index in [1.165, 1.54) is 18.4 Å². The van der Waals surface area contributed by atoms with Crippen LogP contribution in [-0.2, 0) is 13.1 Å². The van der Waals surface area contributed by atoms with Gasteiger partial charge in [0.25, 0.3) is 0 Å². The molecular formula is C14H17BrN4S. The summed E-state index contributed by atoms with van der Waals surface area (Å²) < 4.78 is 1.16. The number of hydrogen-bond donors (Lipinski definition) is 1. The molecule has 0 atom stereocenters. The molecule has 2 heterocycles. The molecule has 2 aromatic rings. The number of nitrogens with zero attached hydrogens (tertiary/aromatic N) is 3. The summed E-state index contributed by atoms with van der Waals surface area (Å²) in [5, 5.41) is 5.60. The Morgan fingerprint density at radius 2 is 2.25 bits per heavy atom. The van der Waals surface area contributed by atoms with Crippen LogP contribution in [0.2, 0.25) is 0 Å². The Labute approximate surface area is 131 Å². The van der Waals surface area contributed by atoms with Crippen LogP contribution < -0.4 is 10.2 Å². The maximum absolute atomic E-state index is 4.50. The molecular weight excluding hydrogens is 336 g/mol. The van der Waals surface area contributed by atoms with Crippen LogP contribution in [0.4, 0.5) is 5.82 Å². The third-order valence-electron chi connectivity index (χ3n) is 3.27. The summed E-state index contributed by atoms with van der Waals surface area (Å²) >= 11 is 5.19. The Bertz CT molecular complexity index is 565. The summed E-state index contributed by atoms with van der Waals surface area (Å²) in [5.41, 5.74) is 2.29. The van der Waals surface area contributed by atoms with Gasteiger partial charge in [0.05, 0.1) is 21.9 Å². The highest BCUT2D eigenvalue weighted by Crippen LogP contribution is 2.22. The molecule has 0 saturated heterocycles. The largest absolute Gasteiger partial charge is 0.354 e. The van der Waals surface area contributed by atoms with Crippen LogP contribution in [0.25, 0.3) is 0 Å². The Hall–Kier alpha value is -0.980. The van der Waals surface area contributed by atoms with Crippen LogP contribution in [0.15, 0.2) is 27.6 Å². The molecule has 0 spiro atoms. The molecule has 1 N–H and O–H groups in total. The van der Waals surface area contributed by atoms with E-state index < -0.39 is 0 Å². The maximum atomic E-state index is 4.50. The van der Waals surface area contributed by atoms with Gasteiger partial charge in [-0.05, 0) is 45.8 Å². The van der Waals surface area contributed by atoms with Crippen molar-refractivity contribution in [2.24, 2.45) is 0 Å². The zero-order valence-corrected chi connectivity index (χ0v) is 13.7. The third kappa shape index (κ3) is 3.77. The van der Waals surface area contributed by atoms with E-state index in [0.29, 0.717) is 6.04 Å². The highest BCUT2D eigenvalue weighted by Gasteiger charge is 2.20. The van der Waals surface area contributed by atoms with Crippen molar-refractivity contribution in [3.63, 3.8) is 0 Å². The lowest BCUT2D eigenvalue weighted by molar-refractivity contribution is 0.671. The number of thiophene rings is 1. The fraction of sp³-hybridized carbons (Fsp3) is 0.429. The summed E-state index contributed by atoms with van der Waals surface area (Å²) in [7, 11) is 2.04. The first-order valence-corrected chi connectivity index (χ1v) is 8.36. The molecule has 1 saturated carbocycles. The van der Waals surface area contributed by atoms with E-state index >= 15 is 0 Å². The van der Waals surface area contributed by atoms with E-state index in [1.807, 2.05) is 19.4 Å². The smallest absolute Gasteiger partial charge is 0.147 e. The number of nitrogens with one attached hydrogen (secondary N) is 1. The van der Waals surface area contributed by atoms with Crippen molar-refractivity contribution >= 4 is 33.1 Å². The van der Waals surface area contributed by atoms with Crippen molar-refractivity contribution in [1.29, 1.82) is 0 Å². The van der Waals surface area contributed by atoms with Gasteiger partial charge < -0.3 is 10.2 Å². The zero-order valence-electron chi connectivity index (χ0n) is 11.3. The lowest BCUT2D eigenvalue weighted by Crippen LogP contribution is -2.19. The Morgan fingerprint density at radius 1 is 1.40 bits per heavy atom. The molecule has 0 amide bonds. The van der Waals surface area contributed by atoms with Gasteiger partial charge in [0.15, 0.2) is 0 Å². The summed E-state index contributed by atoms with van der Waals surface area (Å²) in [4.78, 5) is 11.1. The van der Waals surface area contributed by atoms with Crippen molar-refractivity contribution in [2.45, 2.75) is 32.0 Å². The topological polar surface area (TPSA) is 41.1 Å². The fourth-order valence-corrected chi connectivity index (χ4v) is 3.16. The third-order valence-corrected chi connectivity index (χ3v) is 4.83. The van der Waals surface area contributed by atoms with Gasteiger partial charge in [0.1, 0.15) is 5.82 Å². The van der Waals surface area contributed by atoms with E-state index in [0.717, 1.165) is 28.4 Å². The molecule has 106 valence electrons. The van der Waals surface area contributed by atoms with E-state index in [-0.39, 0.29) is 0 Å². The molecule has 1 fully saturated rings. The predicted octanol–water partition coefficient (Wildman–Crippen LogP) is 3.19. The molecule has 0 aromatic carbocycles. The highest BCUT2D eigenvalue weighted by atomic mass is 79.9. The molecule has 2 aromatic heterocycles. The van der Waals surface area contributed by atoms with Crippen LogP contribution in [-0.4, -0.2) is 23.1 Å². The SMILES string of the molecule is CN(Cc1csc(Br)c1)c1cnc(CNC2CC2)cn1. The number of halogens is 1. The average molecular weight is 353 g/mol. The molecule has 1 aliphatic carbocycles. The summed E-state index contributed by atoms with van der Waals surface area (Å²) in [6.45, 7) is 1.66. The number of aromatic nitrogens is 2. The van der Waals surface area contributed by atoms with Crippen molar-refractivity contribution in [3.05, 3.63) is 38.9 Å². The van der Waals surface area contributed by atoms with Gasteiger partial charge in [-0.2, -0.15) is 0 Å². The average Bonchev–Trinajstić information content (AvgIpc) is 3.20. The van der Waals surface area contributed by atoms with Gasteiger partial charge in [-0.3, -0.25) is 4.98 Å². The van der Waals surface area contributed by atoms with Crippen LogP contribution in [0, 0.1) is 0 Å². The highest BCUT2D eigenvalue weighted by molar-refractivity contribution is 9.11. The lowest BCUT2D eigenvalue weighted by Gasteiger charge is -2.17. The van der Waals surface area contributed by atoms with Crippen LogP contribution in [0.5, 0.6) is 0 Å². The van der Waals surface area contributed by atoms with Crippen molar-refractivity contribution in [1.82, 2.24) is 15.3 Å². The summed E-state index contributed by atoms with van der Waals surface area (Å²) in [5.74, 6) is 0.905. The second kappa shape index (κ2) is 6.20. The zero-order chi connectivity index (χ0) is 13.9. The van der Waals surface area contributed by atoms with E-state index in [9.17, 15) is 0 Å². The summed E-state index contributed by atoms with van der Waals surface area (Å²) in [6.07, 6.45) is 6.31. The molecule has 3 rings (SSSR count). The van der Waals surface area contributed by atoms with Gasteiger partial charge in [-0.1, -0.05) is 0 Å². The molecule has 6 heteroatoms. The monoisotopic (exact) mass is 352 g/mol. The Balaban J connectivity index is 1.57. The first-order valence-electron chi connectivity index (χ1n) is 6.69. The van der Waals surface area contributed by atoms with Crippen molar-refractivity contribution < 1.29 is 0 Å². The number of anilines is 1. The number of hydrogen-bond acceptors (Lipinski definition) is 5. The lowest BCUT2D eigenvalue weighted by atomic mass is 10.3. The van der Waals surface area contributed by atoms with E-state index in [1.54, 1.807) is 11.3 Å². The minimum absolute atomic E-state index is 0.705. The minimum atomic E-state index is 0.705. The van der Waals surface area contributed by atoms with Crippen LogP contribution in [0.1, 0.15) is 24.1 Å². The van der Waals surface area contributed by atoms with Gasteiger partial charge in [0, 0.05) is 26.2 Å². The summed E-state index contributed by atoms with van der Waals surface area (Å²) in [6, 6.07) is 2.85. The predicted molar refractivity (Wildman–Crippen MR) is 86.0 cm³/mol. The number of rotatable bonds is 6. The molecule has 0 radical (unpaired) electrons. The Kier molecular flexibility index (Phi) is 4.33. The standard InChI is InChI=1S/C14H17BrN4S/c1-19(8-10-4-13(15)20-9-10)14-7-17-12(6-18-14)5-16-11-2-3-11/h4,6-7,9,11,16H,2-3,5,8H2,1H3. The second-order valence-corrected chi connectivity index (χ2v) is 7.43.